The molecule has 2 rings (SSSR count). The van der Waals surface area contributed by atoms with E-state index in [0.29, 0.717) is 0 Å². The zero-order chi connectivity index (χ0) is 17.6. The van der Waals surface area contributed by atoms with Gasteiger partial charge in [-0.15, -0.1) is 0 Å². The molecule has 1 aromatic rings. The zero-order valence-electron chi connectivity index (χ0n) is 14.0. The largest absolute Gasteiger partial charge is 0.494 e. The van der Waals surface area contributed by atoms with Gasteiger partial charge in [0.25, 0.3) is 0 Å². The van der Waals surface area contributed by atoms with Gasteiger partial charge in [-0.05, 0) is 63.9 Å². The van der Waals surface area contributed by atoms with Crippen LogP contribution < -0.4 is 4.74 Å². The Hall–Kier alpha value is -2.08. The summed E-state index contributed by atoms with van der Waals surface area (Å²) in [6.07, 6.45) is 8.00. The molecule has 6 nitrogen and oxygen atoms in total. The highest BCUT2D eigenvalue weighted by Gasteiger charge is 2.08. The Labute approximate surface area is 143 Å². The number of nitrogens with zero attached hydrogens (tertiary/aromatic N) is 1. The van der Waals surface area contributed by atoms with E-state index in [-0.39, 0.29) is 0 Å². The molecular formula is C18H27NO5. The van der Waals surface area contributed by atoms with Crippen LogP contribution in [0.1, 0.15) is 38.5 Å². The van der Waals surface area contributed by atoms with Gasteiger partial charge in [0.15, 0.2) is 0 Å². The molecule has 1 aliphatic heterocycles. The lowest BCUT2D eigenvalue weighted by Gasteiger charge is -2.26. The number of hydrogen-bond donors (Lipinski definition) is 2. The number of aliphatic carboxylic acids is 2. The SMILES string of the molecule is O=C(O)C(=O)O.c1ccc(OCCCCCN2CCCCC2)cc1. The van der Waals surface area contributed by atoms with Gasteiger partial charge in [-0.25, -0.2) is 9.59 Å². The van der Waals surface area contributed by atoms with Gasteiger partial charge in [0.05, 0.1) is 6.61 Å². The Morgan fingerprint density at radius 3 is 2.12 bits per heavy atom. The zero-order valence-corrected chi connectivity index (χ0v) is 14.0. The minimum absolute atomic E-state index is 0.851. The molecule has 0 spiro atoms. The van der Waals surface area contributed by atoms with E-state index >= 15 is 0 Å². The smallest absolute Gasteiger partial charge is 0.414 e. The van der Waals surface area contributed by atoms with Crippen LogP contribution in [0.3, 0.4) is 0 Å². The molecule has 0 aliphatic carbocycles. The molecule has 134 valence electrons. The molecule has 0 radical (unpaired) electrons. The Kier molecular flexibility index (Phi) is 10.3. The molecule has 2 N–H and O–H groups in total. The third kappa shape index (κ3) is 9.84. The van der Waals surface area contributed by atoms with Gasteiger partial charge < -0.3 is 19.8 Å². The summed E-state index contributed by atoms with van der Waals surface area (Å²) in [5.41, 5.74) is 0. The van der Waals surface area contributed by atoms with Crippen molar-refractivity contribution in [3.05, 3.63) is 30.3 Å². The van der Waals surface area contributed by atoms with Gasteiger partial charge >= 0.3 is 11.9 Å². The number of likely N-dealkylation sites (tertiary alicyclic amines) is 1. The van der Waals surface area contributed by atoms with Crippen molar-refractivity contribution in [1.29, 1.82) is 0 Å². The first-order valence-electron chi connectivity index (χ1n) is 8.46. The summed E-state index contributed by atoms with van der Waals surface area (Å²) in [5, 5.41) is 14.8. The van der Waals surface area contributed by atoms with Gasteiger partial charge in [0, 0.05) is 0 Å². The molecule has 6 heteroatoms. The highest BCUT2D eigenvalue weighted by molar-refractivity contribution is 6.27. The number of ether oxygens (including phenoxy) is 1. The van der Waals surface area contributed by atoms with Gasteiger partial charge in [-0.1, -0.05) is 24.6 Å². The number of hydrogen-bond acceptors (Lipinski definition) is 4. The predicted octanol–water partition coefficient (Wildman–Crippen LogP) is 2.88. The molecule has 1 aromatic carbocycles. The average Bonchev–Trinajstić information content (AvgIpc) is 2.60. The number of rotatable bonds is 7. The van der Waals surface area contributed by atoms with E-state index in [9.17, 15) is 0 Å². The van der Waals surface area contributed by atoms with Gasteiger partial charge in [0.2, 0.25) is 0 Å². The van der Waals surface area contributed by atoms with E-state index in [1.54, 1.807) is 0 Å². The van der Waals surface area contributed by atoms with E-state index < -0.39 is 11.9 Å². The Morgan fingerprint density at radius 2 is 1.54 bits per heavy atom. The van der Waals surface area contributed by atoms with Crippen LogP contribution in [-0.4, -0.2) is 53.3 Å². The van der Waals surface area contributed by atoms with Crippen molar-refractivity contribution < 1.29 is 24.5 Å². The lowest BCUT2D eigenvalue weighted by molar-refractivity contribution is -0.159. The maximum atomic E-state index is 9.10. The van der Waals surface area contributed by atoms with Crippen molar-refractivity contribution in [1.82, 2.24) is 4.90 Å². The lowest BCUT2D eigenvalue weighted by atomic mass is 10.1. The summed E-state index contributed by atoms with van der Waals surface area (Å²) in [4.78, 5) is 20.8. The summed E-state index contributed by atoms with van der Waals surface area (Å²) in [7, 11) is 0. The summed E-state index contributed by atoms with van der Waals surface area (Å²) >= 11 is 0. The Morgan fingerprint density at radius 1 is 0.917 bits per heavy atom. The van der Waals surface area contributed by atoms with Gasteiger partial charge in [-0.2, -0.15) is 0 Å². The first-order chi connectivity index (χ1) is 11.6. The minimum atomic E-state index is -1.82. The van der Waals surface area contributed by atoms with Crippen molar-refractivity contribution in [2.75, 3.05) is 26.2 Å². The van der Waals surface area contributed by atoms with Crippen LogP contribution >= 0.6 is 0 Å². The highest BCUT2D eigenvalue weighted by Crippen LogP contribution is 2.11. The average molecular weight is 337 g/mol. The number of unbranched alkanes of at least 4 members (excludes halogenated alkanes) is 2. The molecule has 1 heterocycles. The molecule has 24 heavy (non-hydrogen) atoms. The van der Waals surface area contributed by atoms with Crippen LogP contribution in [0.4, 0.5) is 0 Å². The molecule has 0 amide bonds. The summed E-state index contributed by atoms with van der Waals surface area (Å²) in [5.74, 6) is -2.65. The number of carbonyl (C=O) groups is 2. The van der Waals surface area contributed by atoms with E-state index in [4.69, 9.17) is 24.5 Å². The fourth-order valence-corrected chi connectivity index (χ4v) is 2.50. The topological polar surface area (TPSA) is 87.1 Å². The maximum absolute atomic E-state index is 9.10. The predicted molar refractivity (Wildman–Crippen MR) is 91.4 cm³/mol. The van der Waals surface area contributed by atoms with Crippen LogP contribution in [0.2, 0.25) is 0 Å². The molecule has 1 saturated heterocycles. The normalized spacial score (nSPS) is 14.3. The second kappa shape index (κ2) is 12.4. The fourth-order valence-electron chi connectivity index (χ4n) is 2.50. The molecule has 0 unspecified atom stereocenters. The second-order valence-electron chi connectivity index (χ2n) is 5.73. The van der Waals surface area contributed by atoms with Crippen molar-refractivity contribution >= 4 is 11.9 Å². The standard InChI is InChI=1S/C16H25NO.C2H2O4/c1-4-10-16(11-5-1)18-15-9-3-8-14-17-12-6-2-7-13-17;3-1(4)2(5)6/h1,4-5,10-11H,2-3,6-9,12-15H2;(H,3,4)(H,5,6). The number of benzene rings is 1. The Balaban J connectivity index is 0.000000413. The minimum Gasteiger partial charge on any atom is -0.494 e. The molecule has 0 atom stereocenters. The maximum Gasteiger partial charge on any atom is 0.414 e. The van der Waals surface area contributed by atoms with Crippen LogP contribution in [0.25, 0.3) is 0 Å². The number of piperidine rings is 1. The van der Waals surface area contributed by atoms with E-state index in [2.05, 4.69) is 4.90 Å². The van der Waals surface area contributed by atoms with Crippen molar-refractivity contribution in [2.45, 2.75) is 38.5 Å². The number of carboxylic acid groups (broad SMARTS) is 2. The second-order valence-corrected chi connectivity index (χ2v) is 5.73. The monoisotopic (exact) mass is 337 g/mol. The van der Waals surface area contributed by atoms with Crippen LogP contribution in [0.5, 0.6) is 5.75 Å². The highest BCUT2D eigenvalue weighted by atomic mass is 16.5. The quantitative estimate of drug-likeness (QED) is 0.588. The van der Waals surface area contributed by atoms with Crippen LogP contribution in [0, 0.1) is 0 Å². The molecule has 0 aromatic heterocycles. The summed E-state index contributed by atoms with van der Waals surface area (Å²) < 4.78 is 5.68. The number of carboxylic acids is 2. The van der Waals surface area contributed by atoms with Crippen molar-refractivity contribution in [3.8, 4) is 5.75 Å². The fraction of sp³-hybridized carbons (Fsp3) is 0.556. The molecular weight excluding hydrogens is 310 g/mol. The first-order valence-corrected chi connectivity index (χ1v) is 8.46. The van der Waals surface area contributed by atoms with E-state index in [1.807, 2.05) is 30.3 Å². The van der Waals surface area contributed by atoms with Crippen molar-refractivity contribution in [3.63, 3.8) is 0 Å². The van der Waals surface area contributed by atoms with Crippen LogP contribution in [-0.2, 0) is 9.59 Å². The van der Waals surface area contributed by atoms with Crippen molar-refractivity contribution in [2.24, 2.45) is 0 Å². The number of para-hydroxylation sites is 1. The van der Waals surface area contributed by atoms with Gasteiger partial charge in [0.1, 0.15) is 5.75 Å². The van der Waals surface area contributed by atoms with E-state index in [1.165, 1.54) is 58.2 Å². The van der Waals surface area contributed by atoms with Crippen LogP contribution in [0.15, 0.2) is 30.3 Å². The molecule has 0 saturated carbocycles. The first kappa shape index (κ1) is 20.0. The third-order valence-corrected chi connectivity index (χ3v) is 3.76. The lowest BCUT2D eigenvalue weighted by Crippen LogP contribution is -2.30. The molecule has 1 aliphatic rings. The summed E-state index contributed by atoms with van der Waals surface area (Å²) in [6, 6.07) is 10.1. The Bertz CT molecular complexity index is 460. The van der Waals surface area contributed by atoms with E-state index in [0.717, 1.165) is 12.4 Å². The summed E-state index contributed by atoms with van der Waals surface area (Å²) in [6.45, 7) is 4.77. The third-order valence-electron chi connectivity index (χ3n) is 3.76. The molecule has 0 bridgehead atoms. The van der Waals surface area contributed by atoms with Gasteiger partial charge in [-0.3, -0.25) is 0 Å². The molecule has 1 fully saturated rings.